The molecule has 1 saturated heterocycles. The van der Waals surface area contributed by atoms with Gasteiger partial charge in [-0.05, 0) is 74.5 Å². The largest absolute Gasteiger partial charge is 0.508 e. The van der Waals surface area contributed by atoms with Crippen LogP contribution in [0.1, 0.15) is 36.0 Å². The summed E-state index contributed by atoms with van der Waals surface area (Å²) in [7, 11) is 2.07. The lowest BCUT2D eigenvalue weighted by atomic mass is 9.56. The molecule has 1 saturated carbocycles. The number of hydrogen-bond donors (Lipinski definition) is 3. The van der Waals surface area contributed by atoms with Gasteiger partial charge in [-0.15, -0.1) is 0 Å². The molecule has 0 spiro atoms. The molecule has 3 aliphatic rings. The van der Waals surface area contributed by atoms with Gasteiger partial charge in [0.05, 0.1) is 5.60 Å². The van der Waals surface area contributed by atoms with Crippen LogP contribution in [0.2, 0.25) is 0 Å². The van der Waals surface area contributed by atoms with Crippen LogP contribution in [0, 0.1) is 5.92 Å². The molecule has 2 aliphatic carbocycles. The molecule has 1 heterocycles. The minimum Gasteiger partial charge on any atom is -0.508 e. The van der Waals surface area contributed by atoms with Gasteiger partial charge in [-0.2, -0.15) is 0 Å². The van der Waals surface area contributed by atoms with E-state index in [1.165, 1.54) is 11.1 Å². The van der Waals surface area contributed by atoms with Gasteiger partial charge in [0, 0.05) is 23.9 Å². The summed E-state index contributed by atoms with van der Waals surface area (Å²) in [5, 5.41) is 25.3. The van der Waals surface area contributed by atoms with Crippen LogP contribution in [0.25, 0.3) is 0 Å². The van der Waals surface area contributed by atoms with Crippen LogP contribution < -0.4 is 5.32 Å². The first-order chi connectivity index (χ1) is 14.4. The van der Waals surface area contributed by atoms with E-state index in [1.54, 1.807) is 6.07 Å². The Morgan fingerprint density at radius 3 is 2.80 bits per heavy atom. The average molecular weight is 407 g/mol. The summed E-state index contributed by atoms with van der Waals surface area (Å²) in [5.41, 5.74) is 2.05. The Morgan fingerprint density at radius 2 is 2.00 bits per heavy atom. The van der Waals surface area contributed by atoms with Crippen molar-refractivity contribution in [3.63, 3.8) is 0 Å². The van der Waals surface area contributed by atoms with Gasteiger partial charge in [-0.3, -0.25) is 4.79 Å². The molecular formula is C25H30N2O3. The number of nitrogens with zero attached hydrogens (tertiary/aromatic N) is 1. The van der Waals surface area contributed by atoms with Crippen molar-refractivity contribution in [3.05, 3.63) is 65.2 Å². The van der Waals surface area contributed by atoms with Crippen LogP contribution in [0.4, 0.5) is 0 Å². The molecule has 5 rings (SSSR count). The Hall–Kier alpha value is -2.37. The van der Waals surface area contributed by atoms with Crippen LogP contribution in [-0.4, -0.2) is 52.8 Å². The van der Waals surface area contributed by atoms with Gasteiger partial charge in [-0.1, -0.05) is 36.4 Å². The maximum Gasteiger partial charge on any atom is 0.223 e. The molecule has 2 aromatic carbocycles. The van der Waals surface area contributed by atoms with E-state index >= 15 is 0 Å². The highest BCUT2D eigenvalue weighted by atomic mass is 16.3. The van der Waals surface area contributed by atoms with Crippen molar-refractivity contribution in [2.45, 2.75) is 49.2 Å². The third-order valence-corrected chi connectivity index (χ3v) is 7.90. The first-order valence-electron chi connectivity index (χ1n) is 11.0. The summed E-state index contributed by atoms with van der Waals surface area (Å²) in [5.74, 6) is 0.0600. The van der Waals surface area contributed by atoms with Crippen LogP contribution in [0.3, 0.4) is 0 Å². The zero-order valence-corrected chi connectivity index (χ0v) is 17.5. The number of carbonyl (C=O) groups excluding carboxylic acids is 1. The summed E-state index contributed by atoms with van der Waals surface area (Å²) in [6.07, 6.45) is 3.49. The van der Waals surface area contributed by atoms with E-state index in [9.17, 15) is 15.0 Å². The predicted octanol–water partition coefficient (Wildman–Crippen LogP) is 2.39. The Kier molecular flexibility index (Phi) is 4.64. The first kappa shape index (κ1) is 19.6. The van der Waals surface area contributed by atoms with Gasteiger partial charge >= 0.3 is 0 Å². The van der Waals surface area contributed by atoms with E-state index in [1.807, 2.05) is 30.3 Å². The van der Waals surface area contributed by atoms with Crippen molar-refractivity contribution in [3.8, 4) is 5.75 Å². The van der Waals surface area contributed by atoms with E-state index in [-0.39, 0.29) is 23.6 Å². The summed E-state index contributed by atoms with van der Waals surface area (Å²) in [4.78, 5) is 15.3. The highest BCUT2D eigenvalue weighted by Gasteiger charge is 2.67. The number of likely N-dealkylation sites (tertiary alicyclic amines) is 1. The smallest absolute Gasteiger partial charge is 0.223 e. The molecule has 2 fully saturated rings. The topological polar surface area (TPSA) is 72.8 Å². The molecule has 0 radical (unpaired) electrons. The van der Waals surface area contributed by atoms with Gasteiger partial charge in [0.25, 0.3) is 0 Å². The van der Waals surface area contributed by atoms with Gasteiger partial charge in [0.1, 0.15) is 5.75 Å². The van der Waals surface area contributed by atoms with Gasteiger partial charge in [0.2, 0.25) is 5.91 Å². The number of piperidine rings is 1. The normalized spacial score (nSPS) is 32.3. The van der Waals surface area contributed by atoms with Gasteiger partial charge in [-0.25, -0.2) is 0 Å². The average Bonchev–Trinajstić information content (AvgIpc) is 3.07. The maximum atomic E-state index is 13.1. The lowest BCUT2D eigenvalue weighted by Gasteiger charge is -2.58. The summed E-state index contributed by atoms with van der Waals surface area (Å²) in [6.45, 7) is 1.50. The highest BCUT2D eigenvalue weighted by molar-refractivity contribution is 5.80. The molecule has 2 aromatic rings. The third kappa shape index (κ3) is 2.87. The molecular weight excluding hydrogens is 376 g/mol. The fourth-order valence-corrected chi connectivity index (χ4v) is 6.40. The molecule has 5 nitrogen and oxygen atoms in total. The van der Waals surface area contributed by atoms with Crippen molar-refractivity contribution < 1.29 is 15.0 Å². The quantitative estimate of drug-likeness (QED) is 0.729. The molecule has 1 amide bonds. The molecule has 0 aromatic heterocycles. The minimum atomic E-state index is -0.942. The molecule has 4 unspecified atom stereocenters. The van der Waals surface area contributed by atoms with Gasteiger partial charge < -0.3 is 20.4 Å². The second kappa shape index (κ2) is 7.10. The number of phenols is 1. The zero-order valence-electron chi connectivity index (χ0n) is 17.5. The number of nitrogens with one attached hydrogen (secondary N) is 1. The molecule has 5 heteroatoms. The van der Waals surface area contributed by atoms with Crippen LogP contribution >= 0.6 is 0 Å². The number of likely N-dealkylation sites (N-methyl/N-ethyl adjacent to an activating group) is 1. The maximum absolute atomic E-state index is 13.1. The van der Waals surface area contributed by atoms with Crippen molar-refractivity contribution in [1.82, 2.24) is 10.2 Å². The molecule has 4 atom stereocenters. The fourth-order valence-electron chi connectivity index (χ4n) is 6.40. The second-order valence-electron chi connectivity index (χ2n) is 9.43. The van der Waals surface area contributed by atoms with Gasteiger partial charge in [0.15, 0.2) is 0 Å². The molecule has 158 valence electrons. The molecule has 1 aliphatic heterocycles. The SMILES string of the molecule is CN1CCC23CC(C(=O)NCCc4ccccc4)CC2(O)C1Cc1ccc(O)cc13. The number of rotatable bonds is 4. The number of aromatic hydroxyl groups is 1. The Labute approximate surface area is 177 Å². The third-order valence-electron chi connectivity index (χ3n) is 7.90. The highest BCUT2D eigenvalue weighted by Crippen LogP contribution is 2.61. The van der Waals surface area contributed by atoms with E-state index in [0.717, 1.165) is 31.4 Å². The standard InChI is InChI=1S/C25H30N2O3/c1-27-12-10-24-15-19(23(29)26-11-9-17-5-3-2-4-6-17)16-25(24,30)22(27)13-18-7-8-20(28)14-21(18)24/h2-8,14,19,22,28,30H,9-13,15-16H2,1H3,(H,26,29). The van der Waals surface area contributed by atoms with Crippen molar-refractivity contribution in [2.75, 3.05) is 20.1 Å². The number of hydrogen-bond acceptors (Lipinski definition) is 4. The summed E-state index contributed by atoms with van der Waals surface area (Å²) >= 11 is 0. The van der Waals surface area contributed by atoms with E-state index in [4.69, 9.17) is 0 Å². The van der Waals surface area contributed by atoms with Crippen molar-refractivity contribution >= 4 is 5.91 Å². The lowest BCUT2D eigenvalue weighted by molar-refractivity contribution is -0.129. The van der Waals surface area contributed by atoms with Crippen molar-refractivity contribution in [2.24, 2.45) is 5.92 Å². The lowest BCUT2D eigenvalue weighted by Crippen LogP contribution is -2.68. The van der Waals surface area contributed by atoms with E-state index in [2.05, 4.69) is 29.4 Å². The number of carbonyl (C=O) groups is 1. The minimum absolute atomic E-state index is 0.00501. The predicted molar refractivity (Wildman–Crippen MR) is 115 cm³/mol. The Morgan fingerprint density at radius 1 is 1.20 bits per heavy atom. The molecule has 3 N–H and O–H groups in total. The van der Waals surface area contributed by atoms with Crippen LogP contribution in [-0.2, 0) is 23.1 Å². The van der Waals surface area contributed by atoms with E-state index in [0.29, 0.717) is 19.4 Å². The number of amides is 1. The number of phenolic OH excluding ortho intramolecular Hbond substituents is 1. The number of aliphatic hydroxyl groups is 1. The zero-order chi connectivity index (χ0) is 20.9. The first-order valence-corrected chi connectivity index (χ1v) is 11.0. The number of fused-ring (bicyclic) bond motifs is 1. The van der Waals surface area contributed by atoms with E-state index < -0.39 is 11.0 Å². The van der Waals surface area contributed by atoms with Crippen LogP contribution in [0.15, 0.2) is 48.5 Å². The Bertz CT molecular complexity index is 962. The van der Waals surface area contributed by atoms with Crippen molar-refractivity contribution in [1.29, 1.82) is 0 Å². The molecule has 2 bridgehead atoms. The number of benzene rings is 2. The fraction of sp³-hybridized carbons (Fsp3) is 0.480. The molecule has 30 heavy (non-hydrogen) atoms. The van der Waals surface area contributed by atoms with Crippen LogP contribution in [0.5, 0.6) is 5.75 Å². The second-order valence-corrected chi connectivity index (χ2v) is 9.43. The summed E-state index contributed by atoms with van der Waals surface area (Å²) < 4.78 is 0. The monoisotopic (exact) mass is 406 g/mol. The Balaban J connectivity index is 1.39. The summed E-state index contributed by atoms with van der Waals surface area (Å²) in [6, 6.07) is 15.7.